The fourth-order valence-electron chi connectivity index (χ4n) is 2.09. The monoisotopic (exact) mass is 316 g/mol. The molecule has 6 nitrogen and oxygen atoms in total. The second-order valence-electron chi connectivity index (χ2n) is 6.44. The number of hydrogen-bond acceptors (Lipinski definition) is 4. The minimum absolute atomic E-state index is 0.137. The summed E-state index contributed by atoms with van der Waals surface area (Å²) in [4.78, 5) is 18.1. The van der Waals surface area contributed by atoms with Gasteiger partial charge in [0.05, 0.1) is 0 Å². The van der Waals surface area contributed by atoms with Gasteiger partial charge < -0.3 is 9.42 Å². The second kappa shape index (κ2) is 7.26. The van der Waals surface area contributed by atoms with Crippen LogP contribution in [0.25, 0.3) is 0 Å². The van der Waals surface area contributed by atoms with Crippen molar-refractivity contribution in [3.8, 4) is 0 Å². The van der Waals surface area contributed by atoms with Gasteiger partial charge in [-0.3, -0.25) is 10.3 Å². The third-order valence-electron chi connectivity index (χ3n) is 3.57. The molecule has 0 fully saturated rings. The first-order chi connectivity index (χ1) is 10.9. The zero-order valence-electron chi connectivity index (χ0n) is 14.2. The number of anilines is 1. The van der Waals surface area contributed by atoms with Crippen molar-refractivity contribution in [2.75, 3.05) is 18.4 Å². The van der Waals surface area contributed by atoms with Gasteiger partial charge in [0.2, 0.25) is 0 Å². The third-order valence-corrected chi connectivity index (χ3v) is 3.57. The summed E-state index contributed by atoms with van der Waals surface area (Å²) in [6, 6.07) is 5.52. The Hall–Kier alpha value is -2.37. The summed E-state index contributed by atoms with van der Waals surface area (Å²) in [6.45, 7) is 9.32. The maximum Gasteiger partial charge on any atom is 0.323 e. The van der Waals surface area contributed by atoms with E-state index in [1.165, 1.54) is 0 Å². The molecule has 1 N–H and O–H groups in total. The van der Waals surface area contributed by atoms with Crippen molar-refractivity contribution in [2.45, 2.75) is 39.5 Å². The van der Waals surface area contributed by atoms with Crippen molar-refractivity contribution < 1.29 is 9.32 Å². The lowest BCUT2D eigenvalue weighted by Crippen LogP contribution is -2.36. The molecule has 0 bridgehead atoms. The molecule has 0 aliphatic rings. The maximum absolute atomic E-state index is 12.3. The van der Waals surface area contributed by atoms with Crippen LogP contribution in [-0.4, -0.2) is 34.2 Å². The summed E-state index contributed by atoms with van der Waals surface area (Å²) < 4.78 is 5.28. The van der Waals surface area contributed by atoms with Crippen LogP contribution in [0.4, 0.5) is 10.6 Å². The van der Waals surface area contributed by atoms with Crippen molar-refractivity contribution in [2.24, 2.45) is 0 Å². The Kier molecular flexibility index (Phi) is 5.36. The number of rotatable bonds is 5. The average Bonchev–Trinajstić information content (AvgIpc) is 2.97. The molecule has 2 aromatic heterocycles. The summed E-state index contributed by atoms with van der Waals surface area (Å²) in [5.41, 5.74) is 1.02. The van der Waals surface area contributed by atoms with Crippen LogP contribution >= 0.6 is 0 Å². The largest absolute Gasteiger partial charge is 0.359 e. The summed E-state index contributed by atoms with van der Waals surface area (Å²) >= 11 is 0. The molecule has 0 saturated carbocycles. The maximum atomic E-state index is 12.3. The molecule has 0 radical (unpaired) electrons. The van der Waals surface area contributed by atoms with Gasteiger partial charge in [0, 0.05) is 37.0 Å². The van der Waals surface area contributed by atoms with Gasteiger partial charge in [-0.05, 0) is 31.0 Å². The molecule has 23 heavy (non-hydrogen) atoms. The number of carbonyl (C=O) groups is 1. The molecule has 2 heterocycles. The van der Waals surface area contributed by atoms with Crippen LogP contribution in [-0.2, 0) is 11.8 Å². The molecule has 2 amide bonds. The number of urea groups is 1. The number of nitrogens with one attached hydrogen (secondary N) is 1. The normalized spacial score (nSPS) is 11.3. The fraction of sp³-hybridized carbons (Fsp3) is 0.471. The summed E-state index contributed by atoms with van der Waals surface area (Å²) in [5.74, 6) is 1.19. The van der Waals surface area contributed by atoms with Gasteiger partial charge in [0.15, 0.2) is 5.82 Å². The van der Waals surface area contributed by atoms with E-state index in [4.69, 9.17) is 4.52 Å². The third kappa shape index (κ3) is 4.81. The smallest absolute Gasteiger partial charge is 0.323 e. The standard InChI is InChI=1S/C17H24N4O2/c1-5-21(11-8-13-6-9-18-10-7-13)16(22)19-15-12-14(23-20-15)17(2,3)4/h6-7,9-10,12H,5,8,11H2,1-4H3,(H,19,20,22). The predicted octanol–water partition coefficient (Wildman–Crippen LogP) is 3.46. The highest BCUT2D eigenvalue weighted by Crippen LogP contribution is 2.24. The van der Waals surface area contributed by atoms with E-state index in [9.17, 15) is 4.79 Å². The first-order valence-electron chi connectivity index (χ1n) is 7.82. The highest BCUT2D eigenvalue weighted by Gasteiger charge is 2.21. The summed E-state index contributed by atoms with van der Waals surface area (Å²) in [6.07, 6.45) is 4.31. The van der Waals surface area contributed by atoms with E-state index in [2.05, 4.69) is 15.5 Å². The van der Waals surface area contributed by atoms with Crippen molar-refractivity contribution >= 4 is 11.8 Å². The molecular weight excluding hydrogens is 292 g/mol. The highest BCUT2D eigenvalue weighted by molar-refractivity contribution is 5.88. The Balaban J connectivity index is 1.93. The number of aromatic nitrogens is 2. The van der Waals surface area contributed by atoms with Crippen LogP contribution in [0.5, 0.6) is 0 Å². The van der Waals surface area contributed by atoms with Crippen molar-refractivity contribution in [3.05, 3.63) is 41.9 Å². The minimum atomic E-state index is -0.171. The van der Waals surface area contributed by atoms with Crippen LogP contribution in [0.3, 0.4) is 0 Å². The van der Waals surface area contributed by atoms with Gasteiger partial charge in [-0.1, -0.05) is 25.9 Å². The molecule has 0 atom stereocenters. The van der Waals surface area contributed by atoms with Crippen LogP contribution in [0, 0.1) is 0 Å². The molecular formula is C17H24N4O2. The average molecular weight is 316 g/mol. The molecule has 6 heteroatoms. The SMILES string of the molecule is CCN(CCc1ccncc1)C(=O)Nc1cc(C(C)(C)C)on1. The fourth-order valence-corrected chi connectivity index (χ4v) is 2.09. The quantitative estimate of drug-likeness (QED) is 0.917. The van der Waals surface area contributed by atoms with Crippen LogP contribution in [0.2, 0.25) is 0 Å². The molecule has 124 valence electrons. The van der Waals surface area contributed by atoms with Crippen LogP contribution in [0.1, 0.15) is 39.0 Å². The number of pyridine rings is 1. The lowest BCUT2D eigenvalue weighted by molar-refractivity contribution is 0.215. The second-order valence-corrected chi connectivity index (χ2v) is 6.44. The molecule has 0 aliphatic heterocycles. The Morgan fingerprint density at radius 1 is 1.30 bits per heavy atom. The summed E-state index contributed by atoms with van der Waals surface area (Å²) in [5, 5.41) is 6.71. The number of nitrogens with zero attached hydrogens (tertiary/aromatic N) is 3. The Morgan fingerprint density at radius 3 is 2.57 bits per heavy atom. The van der Waals surface area contributed by atoms with Gasteiger partial charge in [-0.25, -0.2) is 4.79 Å². The molecule has 0 aliphatic carbocycles. The Labute approximate surface area is 136 Å². The number of likely N-dealkylation sites (N-methyl/N-ethyl adjacent to an activating group) is 1. The molecule has 0 unspecified atom stereocenters. The van der Waals surface area contributed by atoms with E-state index < -0.39 is 0 Å². The van der Waals surface area contributed by atoms with Crippen LogP contribution in [0.15, 0.2) is 35.1 Å². The lowest BCUT2D eigenvalue weighted by atomic mass is 9.93. The molecule has 2 aromatic rings. The highest BCUT2D eigenvalue weighted by atomic mass is 16.5. The van der Waals surface area contributed by atoms with Crippen LogP contribution < -0.4 is 5.32 Å². The Bertz CT molecular complexity index is 632. The van der Waals surface area contributed by atoms with Gasteiger partial charge >= 0.3 is 6.03 Å². The molecule has 0 saturated heterocycles. The van der Waals surface area contributed by atoms with Gasteiger partial charge in [0.25, 0.3) is 0 Å². The number of carbonyl (C=O) groups excluding carboxylic acids is 1. The molecule has 0 aromatic carbocycles. The van der Waals surface area contributed by atoms with E-state index in [-0.39, 0.29) is 11.4 Å². The van der Waals surface area contributed by atoms with Crippen molar-refractivity contribution in [3.63, 3.8) is 0 Å². The van der Waals surface area contributed by atoms with Gasteiger partial charge in [-0.2, -0.15) is 0 Å². The molecule has 2 rings (SSSR count). The van der Waals surface area contributed by atoms with E-state index in [0.29, 0.717) is 18.9 Å². The Morgan fingerprint density at radius 2 is 2.00 bits per heavy atom. The van der Waals surface area contributed by atoms with Gasteiger partial charge in [0.1, 0.15) is 5.76 Å². The summed E-state index contributed by atoms with van der Waals surface area (Å²) in [7, 11) is 0. The van der Waals surface area contributed by atoms with E-state index in [0.717, 1.165) is 17.7 Å². The minimum Gasteiger partial charge on any atom is -0.359 e. The van der Waals surface area contributed by atoms with Crippen molar-refractivity contribution in [1.82, 2.24) is 15.0 Å². The van der Waals surface area contributed by atoms with E-state index in [1.807, 2.05) is 39.8 Å². The predicted molar refractivity (Wildman–Crippen MR) is 89.4 cm³/mol. The number of amides is 2. The van der Waals surface area contributed by atoms with E-state index in [1.54, 1.807) is 23.4 Å². The topological polar surface area (TPSA) is 71.3 Å². The van der Waals surface area contributed by atoms with Gasteiger partial charge in [-0.15, -0.1) is 0 Å². The zero-order chi connectivity index (χ0) is 16.9. The van der Waals surface area contributed by atoms with E-state index >= 15 is 0 Å². The molecule has 0 spiro atoms. The number of hydrogen-bond donors (Lipinski definition) is 1. The first kappa shape index (κ1) is 17.0. The lowest BCUT2D eigenvalue weighted by Gasteiger charge is -2.20. The first-order valence-corrected chi connectivity index (χ1v) is 7.82. The van der Waals surface area contributed by atoms with Crippen molar-refractivity contribution in [1.29, 1.82) is 0 Å². The zero-order valence-corrected chi connectivity index (χ0v) is 14.2.